The molecule has 0 spiro atoms. The average molecular weight is 529 g/mol. The maximum atomic E-state index is 15.4. The first-order chi connectivity index (χ1) is 16.8. The Hall–Kier alpha value is -2.83. The molecular formula is C22H29FN3O9P. The molecule has 12 nitrogen and oxygen atoms in total. The largest absolute Gasteiger partial charge is 0.462 e. The molecule has 1 aromatic heterocycles. The molecule has 0 aliphatic carbocycles. The van der Waals surface area contributed by atoms with Gasteiger partial charge in [-0.2, -0.15) is 5.09 Å². The highest BCUT2D eigenvalue weighted by Crippen LogP contribution is 2.47. The van der Waals surface area contributed by atoms with Crippen molar-refractivity contribution in [3.63, 3.8) is 0 Å². The summed E-state index contributed by atoms with van der Waals surface area (Å²) < 4.78 is 51.4. The van der Waals surface area contributed by atoms with Crippen molar-refractivity contribution in [2.75, 3.05) is 6.61 Å². The molecule has 198 valence electrons. The number of aliphatic hydroxyl groups excluding tert-OH is 1. The van der Waals surface area contributed by atoms with Crippen LogP contribution in [0.3, 0.4) is 0 Å². The van der Waals surface area contributed by atoms with Crippen molar-refractivity contribution in [2.45, 2.75) is 63.9 Å². The van der Waals surface area contributed by atoms with Gasteiger partial charge in [0.15, 0.2) is 11.9 Å². The number of para-hydroxylation sites is 1. The van der Waals surface area contributed by atoms with Crippen LogP contribution in [0.5, 0.6) is 5.75 Å². The minimum atomic E-state index is -4.30. The Balaban J connectivity index is 1.80. The summed E-state index contributed by atoms with van der Waals surface area (Å²) in [5.41, 5.74) is -4.12. The fourth-order valence-electron chi connectivity index (χ4n) is 3.47. The van der Waals surface area contributed by atoms with Crippen LogP contribution in [0.4, 0.5) is 4.39 Å². The average Bonchev–Trinajstić information content (AvgIpc) is 3.01. The Morgan fingerprint density at radius 1 is 1.28 bits per heavy atom. The van der Waals surface area contributed by atoms with E-state index in [0.29, 0.717) is 0 Å². The van der Waals surface area contributed by atoms with Gasteiger partial charge in [-0.25, -0.2) is 13.8 Å². The van der Waals surface area contributed by atoms with Gasteiger partial charge in [-0.3, -0.25) is 23.7 Å². The van der Waals surface area contributed by atoms with Gasteiger partial charge in [0.2, 0.25) is 0 Å². The van der Waals surface area contributed by atoms with Gasteiger partial charge in [-0.1, -0.05) is 18.2 Å². The molecule has 6 atom stereocenters. The van der Waals surface area contributed by atoms with E-state index in [1.54, 1.807) is 32.0 Å². The van der Waals surface area contributed by atoms with E-state index in [9.17, 15) is 24.1 Å². The third-order valence-corrected chi connectivity index (χ3v) is 6.90. The van der Waals surface area contributed by atoms with Crippen LogP contribution in [0.25, 0.3) is 0 Å². The van der Waals surface area contributed by atoms with Crippen LogP contribution in [0.15, 0.2) is 52.2 Å². The van der Waals surface area contributed by atoms with E-state index in [-0.39, 0.29) is 5.75 Å². The molecule has 1 aliphatic heterocycles. The minimum absolute atomic E-state index is 0.152. The number of ether oxygens (including phenoxy) is 2. The summed E-state index contributed by atoms with van der Waals surface area (Å²) in [6.45, 7) is 5.07. The highest BCUT2D eigenvalue weighted by Gasteiger charge is 2.55. The number of carbonyl (C=O) groups excluding carboxylic acids is 1. The molecule has 1 aliphatic rings. The van der Waals surface area contributed by atoms with Crippen molar-refractivity contribution in [2.24, 2.45) is 0 Å². The lowest BCUT2D eigenvalue weighted by molar-refractivity contribution is -0.149. The first-order valence-corrected chi connectivity index (χ1v) is 12.7. The molecule has 0 saturated carbocycles. The number of benzene rings is 1. The number of H-pyrrole nitrogens is 1. The SMILES string of the molecule is CC(C)OC(=O)[C@H](C)NP(=O)(OC[C@H]1O[C@@H](n2ccc(=O)[nH]c2=O)C(C)(F)[C@H]1O)Oc1ccccc1. The number of aromatic amines is 1. The zero-order chi connectivity index (χ0) is 26.7. The Bertz CT molecular complexity index is 1220. The Morgan fingerprint density at radius 2 is 1.94 bits per heavy atom. The van der Waals surface area contributed by atoms with E-state index in [0.717, 1.165) is 23.8 Å². The second kappa shape index (κ2) is 11.1. The normalized spacial score (nSPS) is 26.4. The molecule has 3 rings (SSSR count). The standard InChI is InChI=1S/C22H29FN3O9P/c1-13(2)33-19(29)14(3)25-36(31,35-15-8-6-5-7-9-15)32-12-16-18(28)22(4,23)20(34-16)26-11-10-17(27)24-21(26)30/h5-11,13-14,16,18,20,28H,12H2,1-4H3,(H,25,31)(H,24,27,30)/t14-,16+,18-,20+,22?,36?/m0/s1. The van der Waals surface area contributed by atoms with Crippen LogP contribution >= 0.6 is 7.75 Å². The van der Waals surface area contributed by atoms with Crippen molar-refractivity contribution in [1.29, 1.82) is 0 Å². The zero-order valence-electron chi connectivity index (χ0n) is 20.1. The summed E-state index contributed by atoms with van der Waals surface area (Å²) in [4.78, 5) is 37.7. The van der Waals surface area contributed by atoms with E-state index in [1.807, 2.05) is 4.98 Å². The molecule has 2 aromatic rings. The van der Waals surface area contributed by atoms with Crippen LogP contribution in [0, 0.1) is 0 Å². The van der Waals surface area contributed by atoms with Crippen molar-refractivity contribution >= 4 is 13.7 Å². The number of aliphatic hydroxyl groups is 1. The van der Waals surface area contributed by atoms with Crippen LogP contribution in [0.1, 0.15) is 33.9 Å². The Morgan fingerprint density at radius 3 is 2.56 bits per heavy atom. The molecule has 0 bridgehead atoms. The summed E-state index contributed by atoms with van der Waals surface area (Å²) in [6.07, 6.45) is -4.21. The summed E-state index contributed by atoms with van der Waals surface area (Å²) in [6, 6.07) is 7.86. The van der Waals surface area contributed by atoms with E-state index in [2.05, 4.69) is 5.09 Å². The molecule has 1 aromatic carbocycles. The molecule has 0 amide bonds. The number of alkyl halides is 1. The van der Waals surface area contributed by atoms with Crippen molar-refractivity contribution in [3.8, 4) is 5.75 Å². The summed E-state index contributed by atoms with van der Waals surface area (Å²) in [7, 11) is -4.30. The van der Waals surface area contributed by atoms with Crippen LogP contribution < -0.4 is 20.9 Å². The van der Waals surface area contributed by atoms with Gasteiger partial charge in [0, 0.05) is 12.3 Å². The lowest BCUT2D eigenvalue weighted by atomic mass is 9.98. The minimum Gasteiger partial charge on any atom is -0.462 e. The molecule has 2 unspecified atom stereocenters. The Kier molecular flexibility index (Phi) is 8.52. The second-order valence-corrected chi connectivity index (χ2v) is 10.4. The third kappa shape index (κ3) is 6.48. The molecular weight excluding hydrogens is 500 g/mol. The van der Waals surface area contributed by atoms with Gasteiger partial charge in [-0.05, 0) is 39.8 Å². The number of halogens is 1. The van der Waals surface area contributed by atoms with Crippen LogP contribution in [0.2, 0.25) is 0 Å². The number of hydrogen-bond acceptors (Lipinski definition) is 9. The number of esters is 1. The molecule has 2 heterocycles. The lowest BCUT2D eigenvalue weighted by Crippen LogP contribution is -2.43. The number of hydrogen-bond donors (Lipinski definition) is 3. The van der Waals surface area contributed by atoms with Gasteiger partial charge in [0.1, 0.15) is 24.0 Å². The summed E-state index contributed by atoms with van der Waals surface area (Å²) >= 11 is 0. The zero-order valence-corrected chi connectivity index (χ0v) is 21.0. The fourth-order valence-corrected chi connectivity index (χ4v) is 4.97. The maximum absolute atomic E-state index is 15.4. The van der Waals surface area contributed by atoms with Gasteiger partial charge < -0.3 is 19.1 Å². The van der Waals surface area contributed by atoms with Crippen molar-refractivity contribution in [3.05, 3.63) is 63.4 Å². The number of nitrogens with one attached hydrogen (secondary N) is 2. The number of aromatic nitrogens is 2. The van der Waals surface area contributed by atoms with E-state index < -0.39 is 67.8 Å². The van der Waals surface area contributed by atoms with Gasteiger partial charge >= 0.3 is 19.4 Å². The third-order valence-electron chi connectivity index (χ3n) is 5.26. The van der Waals surface area contributed by atoms with Crippen molar-refractivity contribution in [1.82, 2.24) is 14.6 Å². The molecule has 1 saturated heterocycles. The highest BCUT2D eigenvalue weighted by molar-refractivity contribution is 7.52. The van der Waals surface area contributed by atoms with Crippen LogP contribution in [-0.4, -0.2) is 57.3 Å². The summed E-state index contributed by atoms with van der Waals surface area (Å²) in [5.74, 6) is -0.560. The molecule has 0 radical (unpaired) electrons. The van der Waals surface area contributed by atoms with E-state index >= 15 is 4.39 Å². The lowest BCUT2D eigenvalue weighted by Gasteiger charge is -2.25. The first kappa shape index (κ1) is 27.8. The van der Waals surface area contributed by atoms with Gasteiger partial charge in [0.25, 0.3) is 5.56 Å². The number of rotatable bonds is 10. The Labute approximate surface area is 205 Å². The molecule has 36 heavy (non-hydrogen) atoms. The molecule has 1 fully saturated rings. The van der Waals surface area contributed by atoms with Gasteiger partial charge in [-0.15, -0.1) is 0 Å². The molecule has 3 N–H and O–H groups in total. The predicted octanol–water partition coefficient (Wildman–Crippen LogP) is 1.66. The highest BCUT2D eigenvalue weighted by atomic mass is 31.2. The topological polar surface area (TPSA) is 158 Å². The number of carbonyl (C=O) groups is 1. The molecule has 14 heteroatoms. The van der Waals surface area contributed by atoms with Crippen molar-refractivity contribution < 1.29 is 37.4 Å². The first-order valence-electron chi connectivity index (χ1n) is 11.1. The quantitative estimate of drug-likeness (QED) is 0.305. The monoisotopic (exact) mass is 529 g/mol. The van der Waals surface area contributed by atoms with E-state index in [4.69, 9.17) is 18.5 Å². The predicted molar refractivity (Wildman–Crippen MR) is 125 cm³/mol. The second-order valence-electron chi connectivity index (χ2n) is 8.67. The fraction of sp³-hybridized carbons (Fsp3) is 0.500. The van der Waals surface area contributed by atoms with E-state index in [1.165, 1.54) is 19.1 Å². The summed E-state index contributed by atoms with van der Waals surface area (Å²) in [5, 5.41) is 13.0. The van der Waals surface area contributed by atoms with Crippen LogP contribution in [-0.2, 0) is 23.4 Å². The van der Waals surface area contributed by atoms with Gasteiger partial charge in [0.05, 0.1) is 12.7 Å². The number of nitrogens with zero attached hydrogens (tertiary/aromatic N) is 1. The maximum Gasteiger partial charge on any atom is 0.459 e. The smallest absolute Gasteiger partial charge is 0.459 e.